The molecule has 1 aromatic heterocycles. The summed E-state index contributed by atoms with van der Waals surface area (Å²) in [5.74, 6) is -0.977. The minimum absolute atomic E-state index is 0.0259. The Kier molecular flexibility index (Phi) is 5.27. The minimum atomic E-state index is -1.08. The van der Waals surface area contributed by atoms with E-state index in [1.807, 2.05) is 0 Å². The number of hydrogen-bond donors (Lipinski definition) is 1. The average molecular weight is 363 g/mol. The van der Waals surface area contributed by atoms with Crippen molar-refractivity contribution in [3.63, 3.8) is 0 Å². The lowest BCUT2D eigenvalue weighted by Crippen LogP contribution is -2.48. The van der Waals surface area contributed by atoms with Crippen LogP contribution in [0, 0.1) is 12.7 Å². The van der Waals surface area contributed by atoms with Crippen LogP contribution in [0.15, 0.2) is 22.7 Å². The number of hydrogen-bond acceptors (Lipinski definition) is 6. The highest BCUT2D eigenvalue weighted by Crippen LogP contribution is 2.19. The van der Waals surface area contributed by atoms with Crippen molar-refractivity contribution in [2.75, 3.05) is 19.7 Å². The van der Waals surface area contributed by atoms with E-state index in [0.717, 1.165) is 0 Å². The van der Waals surface area contributed by atoms with Crippen LogP contribution in [-0.2, 0) is 20.7 Å². The molecule has 1 aliphatic rings. The Balaban J connectivity index is 1.58. The summed E-state index contributed by atoms with van der Waals surface area (Å²) in [6.07, 6.45) is -0.637. The van der Waals surface area contributed by atoms with Crippen LogP contribution in [0.1, 0.15) is 17.9 Å². The number of aryl methyl sites for hydroxylation is 2. The van der Waals surface area contributed by atoms with E-state index < -0.39 is 12.1 Å². The highest BCUT2D eigenvalue weighted by atomic mass is 19.1. The van der Waals surface area contributed by atoms with Gasteiger partial charge in [0.05, 0.1) is 13.2 Å². The number of halogens is 1. The average Bonchev–Trinajstić information content (AvgIpc) is 3.11. The number of carboxylic acids is 1. The van der Waals surface area contributed by atoms with Crippen LogP contribution in [0.2, 0.25) is 0 Å². The van der Waals surface area contributed by atoms with Crippen molar-refractivity contribution in [2.24, 2.45) is 0 Å². The van der Waals surface area contributed by atoms with Crippen molar-refractivity contribution in [2.45, 2.75) is 25.9 Å². The molecule has 0 bridgehead atoms. The standard InChI is InChI=1S/C17H18FN3O5/c1-10-8-11(2-3-12(10)18)16-19-14(26-20-16)4-5-15(22)21-6-7-25-13(9-21)17(23)24/h2-3,8,13H,4-7,9H2,1H3,(H,23,24)/t13-/m0/s1. The number of rotatable bonds is 5. The van der Waals surface area contributed by atoms with Crippen molar-refractivity contribution in [1.82, 2.24) is 15.0 Å². The summed E-state index contributed by atoms with van der Waals surface area (Å²) >= 11 is 0. The first-order valence-corrected chi connectivity index (χ1v) is 8.15. The van der Waals surface area contributed by atoms with Gasteiger partial charge in [-0.1, -0.05) is 5.16 Å². The number of nitrogens with zero attached hydrogens (tertiary/aromatic N) is 3. The summed E-state index contributed by atoms with van der Waals surface area (Å²) in [5, 5.41) is 12.8. The first-order valence-electron chi connectivity index (χ1n) is 8.15. The molecule has 1 amide bonds. The normalized spacial score (nSPS) is 17.3. The summed E-state index contributed by atoms with van der Waals surface area (Å²) in [5.41, 5.74) is 1.10. The number of aromatic nitrogens is 2. The quantitative estimate of drug-likeness (QED) is 0.856. The van der Waals surface area contributed by atoms with Gasteiger partial charge in [-0.2, -0.15) is 4.98 Å². The van der Waals surface area contributed by atoms with E-state index in [0.29, 0.717) is 29.4 Å². The highest BCUT2D eigenvalue weighted by Gasteiger charge is 2.28. The Bertz CT molecular complexity index is 822. The summed E-state index contributed by atoms with van der Waals surface area (Å²) in [7, 11) is 0. The third-order valence-electron chi connectivity index (χ3n) is 4.13. The Labute approximate surface area is 148 Å². The Hall–Kier alpha value is -2.81. The van der Waals surface area contributed by atoms with E-state index in [-0.39, 0.29) is 37.7 Å². The molecule has 9 heteroatoms. The first-order chi connectivity index (χ1) is 12.4. The molecule has 0 aliphatic carbocycles. The number of ether oxygens (including phenoxy) is 1. The molecule has 0 spiro atoms. The minimum Gasteiger partial charge on any atom is -0.479 e. The molecule has 1 atom stereocenters. The lowest BCUT2D eigenvalue weighted by Gasteiger charge is -2.30. The molecule has 138 valence electrons. The molecule has 0 unspecified atom stereocenters. The lowest BCUT2D eigenvalue weighted by atomic mass is 10.1. The van der Waals surface area contributed by atoms with Gasteiger partial charge in [0.15, 0.2) is 6.10 Å². The third-order valence-corrected chi connectivity index (χ3v) is 4.13. The van der Waals surface area contributed by atoms with Gasteiger partial charge < -0.3 is 19.3 Å². The van der Waals surface area contributed by atoms with Crippen molar-refractivity contribution in [3.8, 4) is 11.4 Å². The fourth-order valence-corrected chi connectivity index (χ4v) is 2.65. The topological polar surface area (TPSA) is 106 Å². The number of carbonyl (C=O) groups is 2. The molecule has 26 heavy (non-hydrogen) atoms. The van der Waals surface area contributed by atoms with E-state index in [9.17, 15) is 14.0 Å². The van der Waals surface area contributed by atoms with Gasteiger partial charge in [-0.15, -0.1) is 0 Å². The second kappa shape index (κ2) is 7.61. The van der Waals surface area contributed by atoms with Crippen LogP contribution in [0.4, 0.5) is 4.39 Å². The lowest BCUT2D eigenvalue weighted by molar-refractivity contribution is -0.159. The van der Waals surface area contributed by atoms with Crippen molar-refractivity contribution < 1.29 is 28.3 Å². The summed E-state index contributed by atoms with van der Waals surface area (Å²) in [6.45, 7) is 2.22. The summed E-state index contributed by atoms with van der Waals surface area (Å²) in [6, 6.07) is 4.51. The largest absolute Gasteiger partial charge is 0.479 e. The number of benzene rings is 1. The van der Waals surface area contributed by atoms with Gasteiger partial charge in [-0.05, 0) is 30.7 Å². The van der Waals surface area contributed by atoms with Gasteiger partial charge in [0, 0.05) is 24.9 Å². The van der Waals surface area contributed by atoms with Gasteiger partial charge in [0.25, 0.3) is 0 Å². The number of carbonyl (C=O) groups excluding carboxylic acids is 1. The Morgan fingerprint density at radius 1 is 1.42 bits per heavy atom. The molecular weight excluding hydrogens is 345 g/mol. The monoisotopic (exact) mass is 363 g/mol. The maximum atomic E-state index is 13.3. The molecule has 1 aliphatic heterocycles. The fourth-order valence-electron chi connectivity index (χ4n) is 2.65. The molecule has 3 rings (SSSR count). The fraction of sp³-hybridized carbons (Fsp3) is 0.412. The van der Waals surface area contributed by atoms with Crippen LogP contribution in [0.5, 0.6) is 0 Å². The van der Waals surface area contributed by atoms with Crippen LogP contribution < -0.4 is 0 Å². The number of carboxylic acid groups (broad SMARTS) is 1. The van der Waals surface area contributed by atoms with E-state index in [1.54, 1.807) is 19.1 Å². The number of aliphatic carboxylic acids is 1. The zero-order valence-corrected chi connectivity index (χ0v) is 14.1. The van der Waals surface area contributed by atoms with Crippen molar-refractivity contribution in [1.29, 1.82) is 0 Å². The van der Waals surface area contributed by atoms with Crippen LogP contribution in [-0.4, -0.2) is 57.8 Å². The number of amides is 1. The Morgan fingerprint density at radius 3 is 2.96 bits per heavy atom. The molecule has 1 aromatic carbocycles. The molecule has 2 heterocycles. The predicted octanol–water partition coefficient (Wildman–Crippen LogP) is 1.43. The summed E-state index contributed by atoms with van der Waals surface area (Å²) < 4.78 is 23.6. The zero-order valence-electron chi connectivity index (χ0n) is 14.1. The van der Waals surface area contributed by atoms with Gasteiger partial charge in [0.1, 0.15) is 5.82 Å². The van der Waals surface area contributed by atoms with E-state index in [1.165, 1.54) is 11.0 Å². The van der Waals surface area contributed by atoms with E-state index in [2.05, 4.69) is 10.1 Å². The molecule has 1 N–H and O–H groups in total. The molecule has 0 saturated carbocycles. The van der Waals surface area contributed by atoms with Gasteiger partial charge in [0.2, 0.25) is 17.6 Å². The van der Waals surface area contributed by atoms with Crippen LogP contribution in [0.3, 0.4) is 0 Å². The highest BCUT2D eigenvalue weighted by molar-refractivity contribution is 5.78. The molecule has 8 nitrogen and oxygen atoms in total. The second-order valence-electron chi connectivity index (χ2n) is 6.01. The molecule has 1 fully saturated rings. The van der Waals surface area contributed by atoms with Gasteiger partial charge >= 0.3 is 5.97 Å². The van der Waals surface area contributed by atoms with Gasteiger partial charge in [-0.25, -0.2) is 9.18 Å². The second-order valence-corrected chi connectivity index (χ2v) is 6.01. The Morgan fingerprint density at radius 2 is 2.23 bits per heavy atom. The molecule has 0 radical (unpaired) electrons. The van der Waals surface area contributed by atoms with E-state index >= 15 is 0 Å². The van der Waals surface area contributed by atoms with Crippen LogP contribution in [0.25, 0.3) is 11.4 Å². The maximum Gasteiger partial charge on any atom is 0.334 e. The zero-order chi connectivity index (χ0) is 18.7. The predicted molar refractivity (Wildman–Crippen MR) is 86.7 cm³/mol. The van der Waals surface area contributed by atoms with Gasteiger partial charge in [-0.3, -0.25) is 4.79 Å². The van der Waals surface area contributed by atoms with E-state index in [4.69, 9.17) is 14.4 Å². The molecule has 1 saturated heterocycles. The molecule has 2 aromatic rings. The smallest absolute Gasteiger partial charge is 0.334 e. The molecular formula is C17H18FN3O5. The van der Waals surface area contributed by atoms with Crippen molar-refractivity contribution >= 4 is 11.9 Å². The van der Waals surface area contributed by atoms with Crippen LogP contribution >= 0.6 is 0 Å². The number of morpholine rings is 1. The summed E-state index contributed by atoms with van der Waals surface area (Å²) in [4.78, 5) is 28.9. The maximum absolute atomic E-state index is 13.3. The van der Waals surface area contributed by atoms with Crippen molar-refractivity contribution in [3.05, 3.63) is 35.5 Å². The SMILES string of the molecule is Cc1cc(-c2noc(CCC(=O)N3CCO[C@H](C(=O)O)C3)n2)ccc1F. The third kappa shape index (κ3) is 4.05. The first kappa shape index (κ1) is 18.0.